The Hall–Kier alpha value is -2.37. The van der Waals surface area contributed by atoms with E-state index in [0.29, 0.717) is 25.9 Å². The summed E-state index contributed by atoms with van der Waals surface area (Å²) in [4.78, 5) is 42.3. The van der Waals surface area contributed by atoms with Crippen molar-refractivity contribution in [3.63, 3.8) is 0 Å². The summed E-state index contributed by atoms with van der Waals surface area (Å²) < 4.78 is 4.89. The van der Waals surface area contributed by atoms with Gasteiger partial charge in [-0.25, -0.2) is 4.79 Å². The number of rotatable bonds is 3. The Morgan fingerprint density at radius 1 is 0.862 bits per heavy atom. The smallest absolute Gasteiger partial charge is 0.328 e. The summed E-state index contributed by atoms with van der Waals surface area (Å²) in [5, 5.41) is 0. The maximum Gasteiger partial charge on any atom is 0.328 e. The molecule has 2 saturated heterocycles. The van der Waals surface area contributed by atoms with Crippen LogP contribution in [0.4, 0.5) is 0 Å². The van der Waals surface area contributed by atoms with Crippen LogP contribution in [0.1, 0.15) is 49.7 Å². The van der Waals surface area contributed by atoms with Crippen LogP contribution in [0.25, 0.3) is 0 Å². The normalized spacial score (nSPS) is 26.7. The second kappa shape index (κ2) is 8.56. The summed E-state index contributed by atoms with van der Waals surface area (Å²) in [6.07, 6.45) is 6.48. The minimum atomic E-state index is -0.507. The minimum Gasteiger partial charge on any atom is -0.467 e. The number of amides is 2. The summed E-state index contributed by atoms with van der Waals surface area (Å²) in [5.74, 6) is -0.393. The minimum absolute atomic E-state index is 0.0618. The van der Waals surface area contributed by atoms with E-state index in [9.17, 15) is 14.4 Å². The summed E-state index contributed by atoms with van der Waals surface area (Å²) in [5.41, 5.74) is 2.59. The molecular formula is C23H30N2O4. The van der Waals surface area contributed by atoms with Crippen LogP contribution in [0, 0.1) is 5.92 Å². The fraction of sp³-hybridized carbons (Fsp3) is 0.609. The molecule has 2 amide bonds. The fourth-order valence-electron chi connectivity index (χ4n) is 5.20. The molecule has 1 aliphatic carbocycles. The van der Waals surface area contributed by atoms with Crippen LogP contribution in [-0.2, 0) is 32.0 Å². The summed E-state index contributed by atoms with van der Waals surface area (Å²) in [7, 11) is 1.36. The Labute approximate surface area is 172 Å². The zero-order valence-electron chi connectivity index (χ0n) is 17.1. The molecule has 1 aromatic rings. The van der Waals surface area contributed by atoms with Gasteiger partial charge in [0.2, 0.25) is 11.8 Å². The van der Waals surface area contributed by atoms with Gasteiger partial charge in [-0.1, -0.05) is 24.3 Å². The van der Waals surface area contributed by atoms with Gasteiger partial charge in [0.25, 0.3) is 0 Å². The molecule has 29 heavy (non-hydrogen) atoms. The molecule has 0 aromatic heterocycles. The highest BCUT2D eigenvalue weighted by atomic mass is 16.5. The van der Waals surface area contributed by atoms with Gasteiger partial charge in [0.05, 0.1) is 7.11 Å². The van der Waals surface area contributed by atoms with Crippen molar-refractivity contribution in [1.82, 2.24) is 9.80 Å². The van der Waals surface area contributed by atoms with E-state index in [4.69, 9.17) is 4.74 Å². The van der Waals surface area contributed by atoms with Crippen molar-refractivity contribution in [2.45, 2.75) is 63.5 Å². The van der Waals surface area contributed by atoms with Crippen molar-refractivity contribution in [3.8, 4) is 0 Å². The first-order valence-corrected chi connectivity index (χ1v) is 10.9. The molecular weight excluding hydrogens is 368 g/mol. The predicted octanol–water partition coefficient (Wildman–Crippen LogP) is 2.34. The predicted molar refractivity (Wildman–Crippen MR) is 108 cm³/mol. The van der Waals surface area contributed by atoms with Crippen LogP contribution in [-0.4, -0.2) is 59.9 Å². The first-order valence-electron chi connectivity index (χ1n) is 10.9. The van der Waals surface area contributed by atoms with Gasteiger partial charge in [-0.05, 0) is 62.5 Å². The number of likely N-dealkylation sites (tertiary alicyclic amines) is 2. The molecule has 0 bridgehead atoms. The lowest BCUT2D eigenvalue weighted by Gasteiger charge is -2.40. The molecule has 2 heterocycles. The second-order valence-corrected chi connectivity index (χ2v) is 8.46. The number of fused-ring (bicyclic) bond motifs is 1. The highest BCUT2D eigenvalue weighted by Crippen LogP contribution is 2.30. The van der Waals surface area contributed by atoms with Gasteiger partial charge in [0.1, 0.15) is 12.1 Å². The van der Waals surface area contributed by atoms with E-state index in [-0.39, 0.29) is 23.7 Å². The van der Waals surface area contributed by atoms with E-state index in [1.165, 1.54) is 18.2 Å². The lowest BCUT2D eigenvalue weighted by molar-refractivity contribution is -0.156. The number of nitrogens with zero attached hydrogens (tertiary/aromatic N) is 2. The zero-order chi connectivity index (χ0) is 20.4. The van der Waals surface area contributed by atoms with Gasteiger partial charge < -0.3 is 14.5 Å². The molecule has 6 nitrogen and oxygen atoms in total. The molecule has 6 heteroatoms. The second-order valence-electron chi connectivity index (χ2n) is 8.46. The number of carbonyl (C=O) groups excluding carboxylic acids is 3. The Bertz CT molecular complexity index is 793. The van der Waals surface area contributed by atoms with Crippen molar-refractivity contribution in [2.75, 3.05) is 20.2 Å². The van der Waals surface area contributed by atoms with Crippen molar-refractivity contribution < 1.29 is 19.1 Å². The van der Waals surface area contributed by atoms with Gasteiger partial charge in [0, 0.05) is 19.0 Å². The van der Waals surface area contributed by atoms with E-state index in [2.05, 4.69) is 12.1 Å². The molecule has 0 spiro atoms. The van der Waals surface area contributed by atoms with Gasteiger partial charge >= 0.3 is 5.97 Å². The van der Waals surface area contributed by atoms with E-state index in [0.717, 1.165) is 38.5 Å². The highest BCUT2D eigenvalue weighted by molar-refractivity contribution is 5.92. The number of piperidine rings is 1. The van der Waals surface area contributed by atoms with Crippen molar-refractivity contribution in [2.24, 2.45) is 5.92 Å². The molecule has 3 aliphatic rings. The SMILES string of the molecule is COC(=O)[C@@H]1CCCN1C(=O)C1CCCCN1C(=O)C1CCc2ccccc2C1. The van der Waals surface area contributed by atoms with Crippen LogP contribution < -0.4 is 0 Å². The molecule has 1 aromatic carbocycles. The first kappa shape index (κ1) is 19.9. The topological polar surface area (TPSA) is 66.9 Å². The Balaban J connectivity index is 1.49. The summed E-state index contributed by atoms with van der Waals surface area (Å²) in [6, 6.07) is 7.38. The molecule has 0 saturated carbocycles. The van der Waals surface area contributed by atoms with Gasteiger partial charge in [-0.15, -0.1) is 0 Å². The van der Waals surface area contributed by atoms with Crippen LogP contribution in [0.3, 0.4) is 0 Å². The van der Waals surface area contributed by atoms with Gasteiger partial charge in [0.15, 0.2) is 0 Å². The standard InChI is InChI=1S/C23H30N2O4/c1-29-23(28)20-10-6-14-25(20)22(27)19-9-4-5-13-24(19)21(26)18-12-11-16-7-2-3-8-17(16)15-18/h2-3,7-8,18-20H,4-6,9-15H2,1H3/t18?,19?,20-/m0/s1. The van der Waals surface area contributed by atoms with Crippen LogP contribution in [0.5, 0.6) is 0 Å². The number of benzene rings is 1. The van der Waals surface area contributed by atoms with E-state index < -0.39 is 12.1 Å². The maximum atomic E-state index is 13.4. The van der Waals surface area contributed by atoms with Crippen LogP contribution in [0.2, 0.25) is 0 Å². The molecule has 3 atom stereocenters. The van der Waals surface area contributed by atoms with E-state index >= 15 is 0 Å². The first-order chi connectivity index (χ1) is 14.1. The molecule has 2 aliphatic heterocycles. The third-order valence-electron chi connectivity index (χ3n) is 6.78. The lowest BCUT2D eigenvalue weighted by Crippen LogP contribution is -2.56. The van der Waals surface area contributed by atoms with Gasteiger partial charge in [-0.2, -0.15) is 0 Å². The number of methoxy groups -OCH3 is 1. The molecule has 2 unspecified atom stereocenters. The van der Waals surface area contributed by atoms with E-state index in [1.807, 2.05) is 17.0 Å². The lowest BCUT2D eigenvalue weighted by atomic mass is 9.82. The maximum absolute atomic E-state index is 13.4. The van der Waals surface area contributed by atoms with Crippen molar-refractivity contribution in [1.29, 1.82) is 0 Å². The Morgan fingerprint density at radius 3 is 2.34 bits per heavy atom. The highest BCUT2D eigenvalue weighted by Gasteiger charge is 2.42. The number of aryl methyl sites for hydroxylation is 1. The third kappa shape index (κ3) is 3.89. The number of hydrogen-bond donors (Lipinski definition) is 0. The average Bonchev–Trinajstić information content (AvgIpc) is 3.27. The molecule has 156 valence electrons. The fourth-order valence-corrected chi connectivity index (χ4v) is 5.20. The molecule has 0 N–H and O–H groups in total. The molecule has 0 radical (unpaired) electrons. The number of hydrogen-bond acceptors (Lipinski definition) is 4. The van der Waals surface area contributed by atoms with E-state index in [1.54, 1.807) is 4.90 Å². The summed E-state index contributed by atoms with van der Waals surface area (Å²) >= 11 is 0. The molecule has 4 rings (SSSR count). The van der Waals surface area contributed by atoms with Crippen LogP contribution >= 0.6 is 0 Å². The Kier molecular flexibility index (Phi) is 5.88. The monoisotopic (exact) mass is 398 g/mol. The quantitative estimate of drug-likeness (QED) is 0.733. The number of ether oxygens (including phenoxy) is 1. The van der Waals surface area contributed by atoms with Crippen molar-refractivity contribution >= 4 is 17.8 Å². The average molecular weight is 399 g/mol. The third-order valence-corrected chi connectivity index (χ3v) is 6.78. The zero-order valence-corrected chi connectivity index (χ0v) is 17.1. The number of carbonyl (C=O) groups is 3. The molecule has 2 fully saturated rings. The van der Waals surface area contributed by atoms with Crippen LogP contribution in [0.15, 0.2) is 24.3 Å². The van der Waals surface area contributed by atoms with Gasteiger partial charge in [-0.3, -0.25) is 9.59 Å². The summed E-state index contributed by atoms with van der Waals surface area (Å²) in [6.45, 7) is 1.19. The largest absolute Gasteiger partial charge is 0.467 e. The van der Waals surface area contributed by atoms with Crippen molar-refractivity contribution in [3.05, 3.63) is 35.4 Å². The number of esters is 1. The Morgan fingerprint density at radius 2 is 1.55 bits per heavy atom.